The molecule has 0 saturated carbocycles. The van der Waals surface area contributed by atoms with Crippen LogP contribution in [0.1, 0.15) is 39.9 Å². The Bertz CT molecular complexity index is 805. The summed E-state index contributed by atoms with van der Waals surface area (Å²) in [6.07, 6.45) is 3.98. The number of rotatable bonds is 3. The predicted octanol–water partition coefficient (Wildman–Crippen LogP) is 4.49. The molecule has 0 unspecified atom stereocenters. The molecular weight excluding hydrogens is 326 g/mol. The number of aryl methyl sites for hydroxylation is 1. The molecule has 4 rings (SSSR count). The molecule has 0 spiro atoms. The van der Waals surface area contributed by atoms with Gasteiger partial charge >= 0.3 is 0 Å². The summed E-state index contributed by atoms with van der Waals surface area (Å²) in [4.78, 5) is 24.8. The van der Waals surface area contributed by atoms with Crippen LogP contribution < -0.4 is 0 Å². The fourth-order valence-corrected chi connectivity index (χ4v) is 4.93. The maximum atomic E-state index is 13.0. The molecule has 4 nitrogen and oxygen atoms in total. The van der Waals surface area contributed by atoms with Gasteiger partial charge in [0, 0.05) is 18.4 Å². The van der Waals surface area contributed by atoms with Crippen molar-refractivity contribution in [2.75, 3.05) is 6.54 Å². The maximum absolute atomic E-state index is 13.0. The van der Waals surface area contributed by atoms with E-state index in [9.17, 15) is 4.79 Å². The third-order valence-electron chi connectivity index (χ3n) is 4.22. The van der Waals surface area contributed by atoms with E-state index in [1.165, 1.54) is 11.3 Å². The number of H-pyrrole nitrogens is 1. The van der Waals surface area contributed by atoms with Crippen LogP contribution in [0.5, 0.6) is 0 Å². The van der Waals surface area contributed by atoms with E-state index in [-0.39, 0.29) is 11.9 Å². The van der Waals surface area contributed by atoms with Gasteiger partial charge in [0.05, 0.1) is 16.6 Å². The number of hydrogen-bond donors (Lipinski definition) is 1. The molecule has 0 bridgehead atoms. The van der Waals surface area contributed by atoms with Crippen molar-refractivity contribution in [3.05, 3.63) is 52.1 Å². The fraction of sp³-hybridized carbons (Fsp3) is 0.294. The van der Waals surface area contributed by atoms with E-state index in [0.29, 0.717) is 0 Å². The molecule has 1 fully saturated rings. The number of carbonyl (C=O) groups excluding carboxylic acids is 1. The van der Waals surface area contributed by atoms with Crippen LogP contribution in [0.25, 0.3) is 9.88 Å². The number of thiophene rings is 1. The molecule has 3 aromatic heterocycles. The number of aromatic nitrogens is 2. The summed E-state index contributed by atoms with van der Waals surface area (Å²) in [6, 6.07) is 8.27. The van der Waals surface area contributed by atoms with Crippen LogP contribution in [0.2, 0.25) is 0 Å². The predicted molar refractivity (Wildman–Crippen MR) is 94.0 cm³/mol. The molecule has 0 radical (unpaired) electrons. The lowest BCUT2D eigenvalue weighted by atomic mass is 10.1. The van der Waals surface area contributed by atoms with E-state index in [1.807, 2.05) is 35.5 Å². The first kappa shape index (κ1) is 14.7. The molecule has 1 amide bonds. The average Bonchev–Trinajstić information content (AvgIpc) is 3.31. The number of thiazole rings is 1. The number of nitrogens with zero attached hydrogens (tertiary/aromatic N) is 2. The fourth-order valence-electron chi connectivity index (χ4n) is 3.12. The summed E-state index contributed by atoms with van der Waals surface area (Å²) in [5, 5.41) is 2.98. The molecule has 23 heavy (non-hydrogen) atoms. The van der Waals surface area contributed by atoms with Crippen molar-refractivity contribution in [1.29, 1.82) is 0 Å². The second-order valence-electron chi connectivity index (χ2n) is 5.69. The van der Waals surface area contributed by atoms with Gasteiger partial charge in [-0.15, -0.1) is 22.7 Å². The number of aromatic amines is 1. The lowest BCUT2D eigenvalue weighted by Gasteiger charge is -2.23. The quantitative estimate of drug-likeness (QED) is 0.762. The van der Waals surface area contributed by atoms with Crippen LogP contribution >= 0.6 is 22.7 Å². The van der Waals surface area contributed by atoms with Gasteiger partial charge in [-0.1, -0.05) is 6.07 Å². The summed E-state index contributed by atoms with van der Waals surface area (Å²) in [5.74, 6) is 0.111. The van der Waals surface area contributed by atoms with Crippen LogP contribution in [0.4, 0.5) is 0 Å². The highest BCUT2D eigenvalue weighted by molar-refractivity contribution is 7.22. The van der Waals surface area contributed by atoms with E-state index in [2.05, 4.69) is 22.1 Å². The summed E-state index contributed by atoms with van der Waals surface area (Å²) in [5.41, 5.74) is 1.96. The van der Waals surface area contributed by atoms with Crippen molar-refractivity contribution in [1.82, 2.24) is 14.9 Å². The van der Waals surface area contributed by atoms with Gasteiger partial charge < -0.3 is 9.88 Å². The van der Waals surface area contributed by atoms with Crippen LogP contribution in [-0.2, 0) is 0 Å². The Morgan fingerprint density at radius 3 is 3.04 bits per heavy atom. The minimum Gasteiger partial charge on any atom is -0.363 e. The largest absolute Gasteiger partial charge is 0.363 e. The zero-order chi connectivity index (χ0) is 15.8. The third-order valence-corrected chi connectivity index (χ3v) is 6.40. The molecule has 6 heteroatoms. The van der Waals surface area contributed by atoms with E-state index in [1.54, 1.807) is 11.3 Å². The van der Waals surface area contributed by atoms with E-state index < -0.39 is 0 Å². The number of carbonyl (C=O) groups is 1. The monoisotopic (exact) mass is 343 g/mol. The Hall–Kier alpha value is -1.92. The lowest BCUT2D eigenvalue weighted by molar-refractivity contribution is 0.0737. The highest BCUT2D eigenvalue weighted by Crippen LogP contribution is 2.36. The van der Waals surface area contributed by atoms with Gasteiger partial charge in [-0.2, -0.15) is 0 Å². The summed E-state index contributed by atoms with van der Waals surface area (Å²) >= 11 is 3.17. The van der Waals surface area contributed by atoms with Crippen molar-refractivity contribution in [2.45, 2.75) is 25.8 Å². The highest BCUT2D eigenvalue weighted by atomic mass is 32.1. The van der Waals surface area contributed by atoms with Crippen molar-refractivity contribution < 1.29 is 4.79 Å². The van der Waals surface area contributed by atoms with Crippen molar-refractivity contribution >= 4 is 28.6 Å². The van der Waals surface area contributed by atoms with Crippen molar-refractivity contribution in [2.24, 2.45) is 0 Å². The zero-order valence-electron chi connectivity index (χ0n) is 12.8. The second kappa shape index (κ2) is 5.94. The van der Waals surface area contributed by atoms with Gasteiger partial charge in [-0.25, -0.2) is 4.98 Å². The van der Waals surface area contributed by atoms with Crippen molar-refractivity contribution in [3.8, 4) is 9.88 Å². The molecule has 118 valence electrons. The third kappa shape index (κ3) is 2.62. The molecule has 4 heterocycles. The second-order valence-corrected chi connectivity index (χ2v) is 7.64. The summed E-state index contributed by atoms with van der Waals surface area (Å²) in [7, 11) is 0. The normalized spacial score (nSPS) is 17.8. The Labute approximate surface area is 142 Å². The first-order valence-corrected chi connectivity index (χ1v) is 9.39. The van der Waals surface area contributed by atoms with Gasteiger partial charge in [0.25, 0.3) is 5.91 Å². The number of nitrogens with one attached hydrogen (secondary N) is 1. The molecule has 1 N–H and O–H groups in total. The Kier molecular flexibility index (Phi) is 3.79. The molecular formula is C17H17N3OS2. The molecule has 0 aromatic carbocycles. The minimum absolute atomic E-state index is 0.111. The molecule has 1 aliphatic heterocycles. The SMILES string of the molecule is Cc1nc(-c2cccs2)sc1C(=O)N1CCC[C@@H]1c1ccc[nH]1. The first-order valence-electron chi connectivity index (χ1n) is 7.69. The zero-order valence-corrected chi connectivity index (χ0v) is 14.4. The number of likely N-dealkylation sites (tertiary alicyclic amines) is 1. The standard InChI is InChI=1S/C17H17N3OS2/c1-11-15(23-16(19-11)14-7-4-10-22-14)17(21)20-9-3-6-13(20)12-5-2-8-18-12/h2,4-5,7-8,10,13,18H,3,6,9H2,1H3/t13-/m1/s1. The van der Waals surface area contributed by atoms with Gasteiger partial charge in [-0.3, -0.25) is 4.79 Å². The molecule has 1 saturated heterocycles. The smallest absolute Gasteiger partial charge is 0.266 e. The topological polar surface area (TPSA) is 49.0 Å². The van der Waals surface area contributed by atoms with Gasteiger partial charge in [0.1, 0.15) is 9.88 Å². The first-order chi connectivity index (χ1) is 11.2. The summed E-state index contributed by atoms with van der Waals surface area (Å²) in [6.45, 7) is 2.74. The van der Waals surface area contributed by atoms with Gasteiger partial charge in [-0.05, 0) is 43.3 Å². The van der Waals surface area contributed by atoms with Crippen LogP contribution in [-0.4, -0.2) is 27.3 Å². The molecule has 3 aromatic rings. The Morgan fingerprint density at radius 1 is 1.39 bits per heavy atom. The highest BCUT2D eigenvalue weighted by Gasteiger charge is 2.33. The summed E-state index contributed by atoms with van der Waals surface area (Å²) < 4.78 is 0. The Morgan fingerprint density at radius 2 is 2.30 bits per heavy atom. The number of amides is 1. The van der Waals surface area contributed by atoms with Crippen LogP contribution in [0.15, 0.2) is 35.8 Å². The molecule has 0 aliphatic carbocycles. The lowest BCUT2D eigenvalue weighted by Crippen LogP contribution is -2.30. The maximum Gasteiger partial charge on any atom is 0.266 e. The minimum atomic E-state index is 0.111. The number of hydrogen-bond acceptors (Lipinski definition) is 4. The van der Waals surface area contributed by atoms with Gasteiger partial charge in [0.2, 0.25) is 0 Å². The average molecular weight is 343 g/mol. The van der Waals surface area contributed by atoms with E-state index >= 15 is 0 Å². The Balaban J connectivity index is 1.64. The van der Waals surface area contributed by atoms with E-state index in [0.717, 1.165) is 45.5 Å². The van der Waals surface area contributed by atoms with Crippen LogP contribution in [0, 0.1) is 6.92 Å². The van der Waals surface area contributed by atoms with E-state index in [4.69, 9.17) is 0 Å². The molecule has 1 aliphatic rings. The molecule has 1 atom stereocenters. The van der Waals surface area contributed by atoms with Crippen molar-refractivity contribution in [3.63, 3.8) is 0 Å². The van der Waals surface area contributed by atoms with Gasteiger partial charge in [0.15, 0.2) is 0 Å². The van der Waals surface area contributed by atoms with Crippen LogP contribution in [0.3, 0.4) is 0 Å².